The third-order valence-electron chi connectivity index (χ3n) is 4.64. The van der Waals surface area contributed by atoms with Crippen molar-refractivity contribution in [3.63, 3.8) is 0 Å². The maximum atomic E-state index is 2.53. The van der Waals surface area contributed by atoms with Crippen molar-refractivity contribution in [2.75, 3.05) is 0 Å². The molecular formula is C21H30S3Sn2. The number of rotatable bonds is 5. The summed E-state index contributed by atoms with van der Waals surface area (Å²) in [7, 11) is 0. The van der Waals surface area contributed by atoms with Crippen LogP contribution in [0.2, 0.25) is 29.6 Å². The third kappa shape index (κ3) is 4.47. The van der Waals surface area contributed by atoms with Gasteiger partial charge in [-0.1, -0.05) is 0 Å². The Balaban J connectivity index is 2.02. The van der Waals surface area contributed by atoms with Gasteiger partial charge in [0, 0.05) is 0 Å². The molecule has 0 radical (unpaired) electrons. The molecule has 3 heterocycles. The fourth-order valence-electron chi connectivity index (χ4n) is 2.95. The van der Waals surface area contributed by atoms with Crippen molar-refractivity contribution in [3.05, 3.63) is 35.4 Å². The zero-order chi connectivity index (χ0) is 19.3. The summed E-state index contributed by atoms with van der Waals surface area (Å²) < 4.78 is 3.40. The summed E-state index contributed by atoms with van der Waals surface area (Å²) in [5.74, 6) is 0. The Hall–Kier alpha value is 0.697. The van der Waals surface area contributed by atoms with Gasteiger partial charge in [-0.25, -0.2) is 0 Å². The van der Waals surface area contributed by atoms with Gasteiger partial charge in [-0.3, -0.25) is 0 Å². The molecule has 5 heteroatoms. The molecule has 3 aromatic rings. The van der Waals surface area contributed by atoms with Gasteiger partial charge in [0.2, 0.25) is 0 Å². The SMILES string of the molecule is CCc1c[c]([Sn]([CH3])([CH3])[CH3])sc1-c1ccc(-c2s[c]([Sn]([CH3])([CH3])[CH3])cc2C)s1. The number of hydrogen-bond donors (Lipinski definition) is 0. The topological polar surface area (TPSA) is 0 Å². The zero-order valence-electron chi connectivity index (χ0n) is 17.2. The summed E-state index contributed by atoms with van der Waals surface area (Å²) in [5.41, 5.74) is 3.03. The van der Waals surface area contributed by atoms with Crippen LogP contribution in [0.3, 0.4) is 0 Å². The van der Waals surface area contributed by atoms with Crippen LogP contribution in [-0.4, -0.2) is 36.8 Å². The van der Waals surface area contributed by atoms with Gasteiger partial charge in [-0.05, 0) is 0 Å². The Morgan fingerprint density at radius 1 is 0.731 bits per heavy atom. The van der Waals surface area contributed by atoms with Crippen LogP contribution in [0.25, 0.3) is 19.5 Å². The molecule has 0 atom stereocenters. The Bertz CT molecular complexity index is 914. The molecular weight excluding hydrogens is 586 g/mol. The molecule has 0 spiro atoms. The molecule has 0 aliphatic heterocycles. The molecule has 0 aliphatic rings. The molecule has 0 unspecified atom stereocenters. The van der Waals surface area contributed by atoms with Crippen LogP contribution in [0.1, 0.15) is 18.1 Å². The van der Waals surface area contributed by atoms with Gasteiger partial charge in [0.25, 0.3) is 0 Å². The quantitative estimate of drug-likeness (QED) is 0.267. The van der Waals surface area contributed by atoms with Crippen LogP contribution in [0.4, 0.5) is 0 Å². The number of thiophene rings is 3. The van der Waals surface area contributed by atoms with Crippen molar-refractivity contribution in [2.24, 2.45) is 0 Å². The first kappa shape index (κ1) is 21.4. The Kier molecular flexibility index (Phi) is 6.46. The van der Waals surface area contributed by atoms with Crippen LogP contribution in [0.15, 0.2) is 24.3 Å². The third-order valence-corrected chi connectivity index (χ3v) is 27.4. The fourth-order valence-corrected chi connectivity index (χ4v) is 17.4. The Morgan fingerprint density at radius 3 is 1.73 bits per heavy atom. The van der Waals surface area contributed by atoms with Crippen molar-refractivity contribution in [1.29, 1.82) is 0 Å². The van der Waals surface area contributed by atoms with Crippen molar-refractivity contribution in [3.8, 4) is 19.5 Å². The van der Waals surface area contributed by atoms with Gasteiger partial charge in [-0.15, -0.1) is 0 Å². The molecule has 0 nitrogen and oxygen atoms in total. The van der Waals surface area contributed by atoms with Gasteiger partial charge in [-0.2, -0.15) is 0 Å². The number of aryl methyl sites for hydroxylation is 2. The van der Waals surface area contributed by atoms with Crippen LogP contribution < -0.4 is 5.79 Å². The second kappa shape index (κ2) is 7.85. The van der Waals surface area contributed by atoms with E-state index >= 15 is 0 Å². The van der Waals surface area contributed by atoms with E-state index in [-0.39, 0.29) is 0 Å². The molecule has 140 valence electrons. The summed E-state index contributed by atoms with van der Waals surface area (Å²) in [4.78, 5) is 21.1. The summed E-state index contributed by atoms with van der Waals surface area (Å²) in [5, 5.41) is 0. The van der Waals surface area contributed by atoms with Crippen molar-refractivity contribution < 1.29 is 0 Å². The van der Waals surface area contributed by atoms with Gasteiger partial charge in [0.15, 0.2) is 0 Å². The zero-order valence-corrected chi connectivity index (χ0v) is 25.4. The monoisotopic (exact) mass is 618 g/mol. The summed E-state index contributed by atoms with van der Waals surface area (Å²) in [6, 6.07) is 9.73. The van der Waals surface area contributed by atoms with Gasteiger partial charge >= 0.3 is 181 Å². The van der Waals surface area contributed by atoms with E-state index in [9.17, 15) is 0 Å². The molecule has 0 aliphatic carbocycles. The van der Waals surface area contributed by atoms with E-state index in [2.05, 4.69) is 90.4 Å². The molecule has 0 aromatic carbocycles. The number of hydrogen-bond acceptors (Lipinski definition) is 3. The molecule has 3 rings (SSSR count). The van der Waals surface area contributed by atoms with Gasteiger partial charge in [0.05, 0.1) is 0 Å². The second-order valence-corrected chi connectivity index (χ2v) is 43.1. The standard InChI is InChI=1S/C15H12S3.6CH3.2Sn/c1-3-11-7-9-17-15(11)13-5-4-12(18-13)14-10(2)6-8-16-14;;;;;;;;/h4-7H,3H2,1-2H3;6*1H3;;. The molecule has 26 heavy (non-hydrogen) atoms. The first-order valence-corrected chi connectivity index (χ1v) is 31.8. The van der Waals surface area contributed by atoms with E-state index in [4.69, 9.17) is 0 Å². The normalized spacial score (nSPS) is 12.8. The van der Waals surface area contributed by atoms with E-state index in [1.807, 2.05) is 11.3 Å². The Labute approximate surface area is 179 Å². The summed E-state index contributed by atoms with van der Waals surface area (Å²) in [6.45, 7) is 4.59. The van der Waals surface area contributed by atoms with E-state index in [1.165, 1.54) is 25.1 Å². The van der Waals surface area contributed by atoms with Crippen LogP contribution in [0, 0.1) is 6.92 Å². The minimum atomic E-state index is -2.00. The first-order valence-electron chi connectivity index (χ1n) is 9.35. The molecule has 0 fully saturated rings. The van der Waals surface area contributed by atoms with Crippen molar-refractivity contribution in [2.45, 2.75) is 49.9 Å². The Morgan fingerprint density at radius 2 is 1.23 bits per heavy atom. The fraction of sp³-hybridized carbons (Fsp3) is 0.429. The molecule has 0 bridgehead atoms. The maximum absolute atomic E-state index is 2.53. The molecule has 3 aromatic heterocycles. The molecule has 0 saturated heterocycles. The molecule has 0 N–H and O–H groups in total. The summed E-state index contributed by atoms with van der Waals surface area (Å²) in [6.07, 6.45) is 1.14. The van der Waals surface area contributed by atoms with E-state index in [0.717, 1.165) is 6.42 Å². The molecule has 0 saturated carbocycles. The van der Waals surface area contributed by atoms with Crippen molar-refractivity contribution >= 4 is 76.6 Å². The molecule has 0 amide bonds. The van der Waals surface area contributed by atoms with Gasteiger partial charge in [0.1, 0.15) is 0 Å². The predicted octanol–water partition coefficient (Wildman–Crippen LogP) is 7.17. The van der Waals surface area contributed by atoms with E-state index < -0.39 is 36.8 Å². The van der Waals surface area contributed by atoms with Crippen LogP contribution in [-0.2, 0) is 6.42 Å². The van der Waals surface area contributed by atoms with E-state index in [1.54, 1.807) is 11.3 Å². The first-order chi connectivity index (χ1) is 12.0. The van der Waals surface area contributed by atoms with Gasteiger partial charge < -0.3 is 0 Å². The minimum absolute atomic E-state index is 1.14. The average Bonchev–Trinajstić information content (AvgIpc) is 3.21. The van der Waals surface area contributed by atoms with Crippen LogP contribution in [0.5, 0.6) is 0 Å². The summed E-state index contributed by atoms with van der Waals surface area (Å²) >= 11 is 2.17. The van der Waals surface area contributed by atoms with Crippen molar-refractivity contribution in [1.82, 2.24) is 0 Å². The van der Waals surface area contributed by atoms with E-state index in [0.29, 0.717) is 0 Å². The predicted molar refractivity (Wildman–Crippen MR) is 131 cm³/mol. The van der Waals surface area contributed by atoms with Crippen LogP contribution >= 0.6 is 34.0 Å². The second-order valence-electron chi connectivity index (χ2n) is 9.11. The average molecular weight is 616 g/mol.